The molecule has 0 aliphatic heterocycles. The van der Waals surface area contributed by atoms with Crippen molar-refractivity contribution in [1.82, 2.24) is 9.55 Å². The number of nitrogens with two attached hydrogens (primary N) is 1. The number of aromatic nitrogens is 2. The van der Waals surface area contributed by atoms with Gasteiger partial charge in [0.2, 0.25) is 0 Å². The van der Waals surface area contributed by atoms with Gasteiger partial charge in [-0.1, -0.05) is 6.07 Å². The van der Waals surface area contributed by atoms with Crippen molar-refractivity contribution in [3.8, 4) is 0 Å². The second kappa shape index (κ2) is 4.03. The number of hydrogen-bond donors (Lipinski definition) is 1. The number of benzene rings is 1. The van der Waals surface area contributed by atoms with Crippen molar-refractivity contribution in [1.29, 1.82) is 0 Å². The zero-order valence-electron chi connectivity index (χ0n) is 9.54. The highest BCUT2D eigenvalue weighted by Crippen LogP contribution is 2.17. The zero-order chi connectivity index (χ0) is 12.5. The van der Waals surface area contributed by atoms with E-state index in [-0.39, 0.29) is 5.76 Å². The summed E-state index contributed by atoms with van der Waals surface area (Å²) in [5.41, 5.74) is 8.41. The second-order valence-corrected chi connectivity index (χ2v) is 4.04. The summed E-state index contributed by atoms with van der Waals surface area (Å²) in [5, 5.41) is 0. The van der Waals surface area contributed by atoms with Crippen molar-refractivity contribution < 1.29 is 4.42 Å². The topological polar surface area (TPSA) is 74.0 Å². The highest BCUT2D eigenvalue weighted by atomic mass is 16.4. The van der Waals surface area contributed by atoms with Crippen molar-refractivity contribution in [2.75, 3.05) is 5.73 Å². The van der Waals surface area contributed by atoms with E-state index < -0.39 is 0 Å². The Kier molecular flexibility index (Phi) is 2.37. The summed E-state index contributed by atoms with van der Waals surface area (Å²) in [6, 6.07) is 8.93. The minimum absolute atomic E-state index is 0.389. The molecule has 0 fully saturated rings. The van der Waals surface area contributed by atoms with E-state index in [9.17, 15) is 4.79 Å². The first kappa shape index (κ1) is 10.6. The molecule has 2 aromatic heterocycles. The molecular weight excluding hydrogens is 230 g/mol. The van der Waals surface area contributed by atoms with Crippen LogP contribution in [0.1, 0.15) is 5.56 Å². The molecule has 0 radical (unpaired) electrons. The maximum Gasteiger partial charge on any atom is 0.420 e. The Balaban J connectivity index is 2.12. The van der Waals surface area contributed by atoms with E-state index >= 15 is 0 Å². The minimum Gasteiger partial charge on any atom is -0.408 e. The van der Waals surface area contributed by atoms with Gasteiger partial charge in [0.05, 0.1) is 12.1 Å². The van der Waals surface area contributed by atoms with Crippen LogP contribution in [0, 0.1) is 0 Å². The monoisotopic (exact) mass is 241 g/mol. The Labute approximate surface area is 102 Å². The molecule has 3 rings (SSSR count). The van der Waals surface area contributed by atoms with Gasteiger partial charge in [-0.05, 0) is 23.8 Å². The Morgan fingerprint density at radius 1 is 1.33 bits per heavy atom. The van der Waals surface area contributed by atoms with Gasteiger partial charge in [0.1, 0.15) is 0 Å². The van der Waals surface area contributed by atoms with Gasteiger partial charge in [-0.3, -0.25) is 9.55 Å². The van der Waals surface area contributed by atoms with Crippen LogP contribution in [0.3, 0.4) is 0 Å². The predicted octanol–water partition coefficient (Wildman–Crippen LogP) is 1.62. The summed E-state index contributed by atoms with van der Waals surface area (Å²) in [6.45, 7) is 0.434. The Bertz CT molecular complexity index is 744. The number of oxazole rings is 1. The summed E-state index contributed by atoms with van der Waals surface area (Å²) in [5.74, 6) is -0.389. The lowest BCUT2D eigenvalue weighted by atomic mass is 10.2. The number of pyridine rings is 1. The van der Waals surface area contributed by atoms with E-state index in [0.29, 0.717) is 17.8 Å². The van der Waals surface area contributed by atoms with E-state index in [1.807, 2.05) is 12.1 Å². The van der Waals surface area contributed by atoms with E-state index in [2.05, 4.69) is 4.98 Å². The molecule has 3 aromatic rings. The molecule has 90 valence electrons. The lowest BCUT2D eigenvalue weighted by molar-refractivity contribution is 0.517. The first-order valence-electron chi connectivity index (χ1n) is 5.52. The molecule has 1 aromatic carbocycles. The van der Waals surface area contributed by atoms with Crippen LogP contribution < -0.4 is 11.5 Å². The molecule has 5 nitrogen and oxygen atoms in total. The number of rotatable bonds is 2. The van der Waals surface area contributed by atoms with Crippen LogP contribution in [0.5, 0.6) is 0 Å². The molecular formula is C13H11N3O2. The maximum atomic E-state index is 11.8. The van der Waals surface area contributed by atoms with Gasteiger partial charge < -0.3 is 10.2 Å². The molecule has 0 unspecified atom stereocenters. The van der Waals surface area contributed by atoms with Crippen molar-refractivity contribution in [3.63, 3.8) is 0 Å². The molecule has 18 heavy (non-hydrogen) atoms. The fourth-order valence-corrected chi connectivity index (χ4v) is 1.91. The van der Waals surface area contributed by atoms with Crippen LogP contribution in [-0.4, -0.2) is 9.55 Å². The smallest absolute Gasteiger partial charge is 0.408 e. The average Bonchev–Trinajstić information content (AvgIpc) is 2.66. The third-order valence-electron chi connectivity index (χ3n) is 2.76. The van der Waals surface area contributed by atoms with E-state index in [1.54, 1.807) is 35.2 Å². The number of nitrogen functional groups attached to an aromatic ring is 1. The van der Waals surface area contributed by atoms with Gasteiger partial charge in [0.15, 0.2) is 5.58 Å². The van der Waals surface area contributed by atoms with Crippen LogP contribution >= 0.6 is 0 Å². The number of fused-ring (bicyclic) bond motifs is 1. The van der Waals surface area contributed by atoms with Crippen molar-refractivity contribution >= 4 is 16.8 Å². The quantitative estimate of drug-likeness (QED) is 0.692. The van der Waals surface area contributed by atoms with E-state index in [1.165, 1.54) is 0 Å². The fourth-order valence-electron chi connectivity index (χ4n) is 1.91. The minimum atomic E-state index is -0.389. The second-order valence-electron chi connectivity index (χ2n) is 4.04. The SMILES string of the molecule is Nc1ccc2c(c1)oc(=O)n2Cc1cccnc1. The van der Waals surface area contributed by atoms with Gasteiger partial charge >= 0.3 is 5.76 Å². The van der Waals surface area contributed by atoms with Gasteiger partial charge in [0, 0.05) is 24.1 Å². The maximum absolute atomic E-state index is 11.8. The molecule has 0 spiro atoms. The van der Waals surface area contributed by atoms with Crippen molar-refractivity contribution in [2.45, 2.75) is 6.54 Å². The zero-order valence-corrected chi connectivity index (χ0v) is 9.54. The highest BCUT2D eigenvalue weighted by Gasteiger charge is 2.09. The summed E-state index contributed by atoms with van der Waals surface area (Å²) in [4.78, 5) is 15.8. The van der Waals surface area contributed by atoms with Crippen LogP contribution in [0.2, 0.25) is 0 Å². The predicted molar refractivity (Wildman–Crippen MR) is 68.2 cm³/mol. The van der Waals surface area contributed by atoms with Crippen LogP contribution in [0.4, 0.5) is 5.69 Å². The molecule has 0 atom stereocenters. The van der Waals surface area contributed by atoms with Gasteiger partial charge in [-0.2, -0.15) is 0 Å². The van der Waals surface area contributed by atoms with Crippen molar-refractivity contribution in [3.05, 3.63) is 58.8 Å². The third kappa shape index (κ3) is 1.75. The summed E-state index contributed by atoms with van der Waals surface area (Å²) < 4.78 is 6.72. The van der Waals surface area contributed by atoms with Crippen LogP contribution in [-0.2, 0) is 6.54 Å². The summed E-state index contributed by atoms with van der Waals surface area (Å²) in [6.07, 6.45) is 3.42. The molecule has 0 saturated heterocycles. The largest absolute Gasteiger partial charge is 0.420 e. The Morgan fingerprint density at radius 2 is 2.22 bits per heavy atom. The molecule has 0 aliphatic rings. The summed E-state index contributed by atoms with van der Waals surface area (Å²) in [7, 11) is 0. The number of anilines is 1. The Morgan fingerprint density at radius 3 is 3.00 bits per heavy atom. The normalized spacial score (nSPS) is 10.9. The third-order valence-corrected chi connectivity index (χ3v) is 2.76. The average molecular weight is 241 g/mol. The molecule has 0 saturated carbocycles. The van der Waals surface area contributed by atoms with Gasteiger partial charge in [-0.25, -0.2) is 4.79 Å². The molecule has 0 bridgehead atoms. The van der Waals surface area contributed by atoms with Gasteiger partial charge in [0.25, 0.3) is 0 Å². The number of nitrogens with zero attached hydrogens (tertiary/aromatic N) is 2. The standard InChI is InChI=1S/C13H11N3O2/c14-10-3-4-11-12(6-10)18-13(17)16(11)8-9-2-1-5-15-7-9/h1-7H,8,14H2. The number of hydrogen-bond acceptors (Lipinski definition) is 4. The van der Waals surface area contributed by atoms with Crippen LogP contribution in [0.15, 0.2) is 51.9 Å². The lowest BCUT2D eigenvalue weighted by Crippen LogP contribution is -2.14. The molecule has 2 heterocycles. The van der Waals surface area contributed by atoms with Gasteiger partial charge in [-0.15, -0.1) is 0 Å². The van der Waals surface area contributed by atoms with Crippen molar-refractivity contribution in [2.24, 2.45) is 0 Å². The van der Waals surface area contributed by atoms with E-state index in [0.717, 1.165) is 11.1 Å². The molecule has 0 aliphatic carbocycles. The Hall–Kier alpha value is -2.56. The lowest BCUT2D eigenvalue weighted by Gasteiger charge is -2.01. The summed E-state index contributed by atoms with van der Waals surface area (Å²) >= 11 is 0. The fraction of sp³-hybridized carbons (Fsp3) is 0.0769. The first-order valence-corrected chi connectivity index (χ1v) is 5.52. The molecule has 2 N–H and O–H groups in total. The van der Waals surface area contributed by atoms with Crippen LogP contribution in [0.25, 0.3) is 11.1 Å². The first-order chi connectivity index (χ1) is 8.74. The molecule has 5 heteroatoms. The van der Waals surface area contributed by atoms with E-state index in [4.69, 9.17) is 10.2 Å². The molecule has 0 amide bonds. The highest BCUT2D eigenvalue weighted by molar-refractivity contribution is 5.76.